The molecule has 1 aliphatic rings. The summed E-state index contributed by atoms with van der Waals surface area (Å²) in [7, 11) is 0. The zero-order chi connectivity index (χ0) is 15.5. The summed E-state index contributed by atoms with van der Waals surface area (Å²) >= 11 is 1.62. The van der Waals surface area contributed by atoms with Gasteiger partial charge in [0, 0.05) is 12.2 Å². The largest absolute Gasteiger partial charge is 0.368 e. The smallest absolute Gasteiger partial charge is 0.227 e. The Morgan fingerprint density at radius 2 is 2.32 bits per heavy atom. The van der Waals surface area contributed by atoms with E-state index in [4.69, 9.17) is 4.74 Å². The zero-order valence-electron chi connectivity index (χ0n) is 12.8. The van der Waals surface area contributed by atoms with Crippen LogP contribution in [0.5, 0.6) is 0 Å². The van der Waals surface area contributed by atoms with Gasteiger partial charge in [0.25, 0.3) is 0 Å². The van der Waals surface area contributed by atoms with E-state index in [-0.39, 0.29) is 12.0 Å². The Balaban J connectivity index is 1.69. The average molecular weight is 317 g/mol. The summed E-state index contributed by atoms with van der Waals surface area (Å²) in [5, 5.41) is 4.02. The first kappa shape index (κ1) is 15.1. The van der Waals surface area contributed by atoms with Crippen LogP contribution in [0.3, 0.4) is 0 Å². The number of hydrogen-bond donors (Lipinski definition) is 0. The van der Waals surface area contributed by atoms with Crippen molar-refractivity contribution >= 4 is 17.2 Å². The Hall–Kier alpha value is -1.79. The van der Waals surface area contributed by atoms with Crippen LogP contribution in [0.25, 0.3) is 0 Å². The van der Waals surface area contributed by atoms with E-state index in [0.29, 0.717) is 26.1 Å². The van der Waals surface area contributed by atoms with E-state index in [1.54, 1.807) is 11.3 Å². The van der Waals surface area contributed by atoms with Gasteiger partial charge < -0.3 is 9.64 Å². The number of carbonyl (C=O) groups is 1. The number of amides is 1. The number of ether oxygens (including phenoxy) is 1. The van der Waals surface area contributed by atoms with Gasteiger partial charge in [-0.05, 0) is 42.3 Å². The van der Waals surface area contributed by atoms with Crippen molar-refractivity contribution in [3.63, 3.8) is 0 Å². The average Bonchev–Trinajstić information content (AvgIpc) is 2.99. The Kier molecular flexibility index (Phi) is 4.49. The third-order valence-corrected chi connectivity index (χ3v) is 4.40. The quantitative estimate of drug-likeness (QED) is 0.871. The molecule has 0 bridgehead atoms. The Morgan fingerprint density at radius 1 is 1.45 bits per heavy atom. The van der Waals surface area contributed by atoms with Gasteiger partial charge in [0.2, 0.25) is 5.91 Å². The van der Waals surface area contributed by atoms with Crippen molar-refractivity contribution in [3.05, 3.63) is 45.7 Å². The van der Waals surface area contributed by atoms with Gasteiger partial charge in [-0.15, -0.1) is 0 Å². The molecule has 3 rings (SSSR count). The fourth-order valence-electron chi connectivity index (χ4n) is 2.64. The fraction of sp³-hybridized carbons (Fsp3) is 0.438. The molecule has 0 aromatic carbocycles. The second-order valence-corrected chi connectivity index (χ2v) is 6.27. The van der Waals surface area contributed by atoms with Crippen LogP contribution in [-0.2, 0) is 16.0 Å². The molecule has 0 saturated carbocycles. The van der Waals surface area contributed by atoms with Crippen molar-refractivity contribution in [2.75, 3.05) is 19.7 Å². The maximum absolute atomic E-state index is 12.4. The van der Waals surface area contributed by atoms with Crippen LogP contribution >= 0.6 is 11.3 Å². The highest BCUT2D eigenvalue weighted by Gasteiger charge is 2.26. The van der Waals surface area contributed by atoms with Crippen LogP contribution in [-0.4, -0.2) is 40.5 Å². The molecule has 2 aromatic rings. The number of aryl methyl sites for hydroxylation is 2. The molecule has 1 aliphatic heterocycles. The van der Waals surface area contributed by atoms with Crippen LogP contribution in [0, 0.1) is 13.8 Å². The maximum atomic E-state index is 12.4. The molecule has 1 atom stereocenters. The van der Waals surface area contributed by atoms with E-state index in [1.807, 2.05) is 41.6 Å². The lowest BCUT2D eigenvalue weighted by Crippen LogP contribution is -2.43. The fourth-order valence-corrected chi connectivity index (χ4v) is 3.31. The third-order valence-electron chi connectivity index (χ3n) is 3.67. The van der Waals surface area contributed by atoms with E-state index >= 15 is 0 Å². The number of hydrogen-bond acceptors (Lipinski definition) is 5. The Labute approximate surface area is 134 Å². The van der Waals surface area contributed by atoms with Crippen LogP contribution in [0.4, 0.5) is 0 Å². The molecule has 1 amide bonds. The molecule has 0 spiro atoms. The number of aromatic nitrogens is 2. The molecule has 1 fully saturated rings. The minimum atomic E-state index is -0.166. The monoisotopic (exact) mass is 317 g/mol. The molecule has 22 heavy (non-hydrogen) atoms. The number of nitrogens with zero attached hydrogens (tertiary/aromatic N) is 3. The molecule has 0 aliphatic carbocycles. The van der Waals surface area contributed by atoms with Crippen molar-refractivity contribution < 1.29 is 9.53 Å². The highest BCUT2D eigenvalue weighted by molar-refractivity contribution is 7.07. The second-order valence-electron chi connectivity index (χ2n) is 5.49. The van der Waals surface area contributed by atoms with E-state index in [0.717, 1.165) is 22.8 Å². The number of carbonyl (C=O) groups excluding carboxylic acids is 1. The number of rotatable bonds is 3. The molecule has 5 nitrogen and oxygen atoms in total. The Bertz CT molecular complexity index is 637. The van der Waals surface area contributed by atoms with Crippen LogP contribution in [0.15, 0.2) is 22.9 Å². The minimum absolute atomic E-state index is 0.147. The van der Waals surface area contributed by atoms with Gasteiger partial charge in [-0.2, -0.15) is 11.3 Å². The lowest BCUT2D eigenvalue weighted by atomic mass is 10.1. The molecular weight excluding hydrogens is 298 g/mol. The number of morpholine rings is 1. The third kappa shape index (κ3) is 3.51. The maximum Gasteiger partial charge on any atom is 0.227 e. The van der Waals surface area contributed by atoms with Crippen molar-refractivity contribution in [2.45, 2.75) is 26.4 Å². The summed E-state index contributed by atoms with van der Waals surface area (Å²) in [4.78, 5) is 23.0. The molecule has 0 radical (unpaired) electrons. The predicted octanol–water partition coefficient (Wildman–Crippen LogP) is 2.30. The van der Waals surface area contributed by atoms with Gasteiger partial charge >= 0.3 is 0 Å². The van der Waals surface area contributed by atoms with E-state index in [1.165, 1.54) is 0 Å². The first-order valence-corrected chi connectivity index (χ1v) is 8.29. The summed E-state index contributed by atoms with van der Waals surface area (Å²) in [5.74, 6) is 0.884. The van der Waals surface area contributed by atoms with Gasteiger partial charge in [-0.1, -0.05) is 0 Å². The zero-order valence-corrected chi connectivity index (χ0v) is 13.6. The predicted molar refractivity (Wildman–Crippen MR) is 84.8 cm³/mol. The first-order chi connectivity index (χ1) is 10.6. The molecule has 6 heteroatoms. The molecule has 1 saturated heterocycles. The SMILES string of the molecule is Cc1cc(C2CN(C(=O)Cc3ccsc3)CCO2)nc(C)n1. The van der Waals surface area contributed by atoms with Gasteiger partial charge in [-0.3, -0.25) is 4.79 Å². The minimum Gasteiger partial charge on any atom is -0.368 e. The van der Waals surface area contributed by atoms with Crippen molar-refractivity contribution in [1.29, 1.82) is 0 Å². The first-order valence-electron chi connectivity index (χ1n) is 7.34. The topological polar surface area (TPSA) is 55.3 Å². The van der Waals surface area contributed by atoms with Gasteiger partial charge in [-0.25, -0.2) is 9.97 Å². The summed E-state index contributed by atoms with van der Waals surface area (Å²) in [6, 6.07) is 3.93. The summed E-state index contributed by atoms with van der Waals surface area (Å²) in [5.41, 5.74) is 2.86. The summed E-state index contributed by atoms with van der Waals surface area (Å²) in [6.07, 6.45) is 0.290. The van der Waals surface area contributed by atoms with Gasteiger partial charge in [0.05, 0.1) is 25.3 Å². The molecule has 2 aromatic heterocycles. The van der Waals surface area contributed by atoms with Crippen LogP contribution < -0.4 is 0 Å². The van der Waals surface area contributed by atoms with Crippen molar-refractivity contribution in [2.24, 2.45) is 0 Å². The summed E-state index contributed by atoms with van der Waals surface area (Å²) < 4.78 is 5.81. The molecule has 0 N–H and O–H groups in total. The van der Waals surface area contributed by atoms with E-state index in [2.05, 4.69) is 9.97 Å². The van der Waals surface area contributed by atoms with Gasteiger partial charge in [0.1, 0.15) is 11.9 Å². The van der Waals surface area contributed by atoms with Crippen molar-refractivity contribution in [3.8, 4) is 0 Å². The highest BCUT2D eigenvalue weighted by Crippen LogP contribution is 2.22. The van der Waals surface area contributed by atoms with Gasteiger partial charge in [0.15, 0.2) is 0 Å². The summed E-state index contributed by atoms with van der Waals surface area (Å²) in [6.45, 7) is 5.56. The lowest BCUT2D eigenvalue weighted by molar-refractivity contribution is -0.138. The number of thiophene rings is 1. The van der Waals surface area contributed by atoms with Crippen molar-refractivity contribution in [1.82, 2.24) is 14.9 Å². The molecular formula is C16H19N3O2S. The van der Waals surface area contributed by atoms with E-state index in [9.17, 15) is 4.79 Å². The standard InChI is InChI=1S/C16H19N3O2S/c1-11-7-14(18-12(2)17-11)15-9-19(4-5-21-15)16(20)8-13-3-6-22-10-13/h3,6-7,10,15H,4-5,8-9H2,1-2H3. The molecule has 1 unspecified atom stereocenters. The normalized spacial score (nSPS) is 18.5. The van der Waals surface area contributed by atoms with Crippen LogP contribution in [0.2, 0.25) is 0 Å². The lowest BCUT2D eigenvalue weighted by Gasteiger charge is -2.32. The van der Waals surface area contributed by atoms with E-state index < -0.39 is 0 Å². The second kappa shape index (κ2) is 6.54. The molecule has 3 heterocycles. The Morgan fingerprint density at radius 3 is 3.05 bits per heavy atom. The van der Waals surface area contributed by atoms with Crippen LogP contribution in [0.1, 0.15) is 28.9 Å². The molecule has 116 valence electrons. The highest BCUT2D eigenvalue weighted by atomic mass is 32.1.